The number of rotatable bonds is 7. The average Bonchev–Trinajstić information content (AvgIpc) is 2.82. The number of nitrogens with zero attached hydrogens (tertiary/aromatic N) is 1. The van der Waals surface area contributed by atoms with E-state index in [-0.39, 0.29) is 17.9 Å². The number of halogens is 1. The van der Waals surface area contributed by atoms with Crippen molar-refractivity contribution in [2.45, 2.75) is 12.0 Å². The van der Waals surface area contributed by atoms with Crippen LogP contribution in [-0.4, -0.2) is 34.3 Å². The lowest BCUT2D eigenvalue weighted by atomic mass is 9.77. The maximum Gasteiger partial charge on any atom is 0.237 e. The Morgan fingerprint density at radius 3 is 1.91 bits per heavy atom. The minimum absolute atomic E-state index is 0.0151. The number of hydrogen-bond acceptors (Lipinski definition) is 5. The first-order valence-corrected chi connectivity index (χ1v) is 11.1. The highest BCUT2D eigenvalue weighted by atomic mass is 127. The summed E-state index contributed by atoms with van der Waals surface area (Å²) in [6.45, 7) is 0. The first-order chi connectivity index (χ1) is 15.5. The van der Waals surface area contributed by atoms with E-state index < -0.39 is 0 Å². The molecule has 1 amide bonds. The first-order valence-electron chi connectivity index (χ1n) is 10.1. The van der Waals surface area contributed by atoms with Crippen molar-refractivity contribution in [3.05, 3.63) is 75.4 Å². The van der Waals surface area contributed by atoms with Crippen molar-refractivity contribution in [3.8, 4) is 23.0 Å². The van der Waals surface area contributed by atoms with E-state index in [9.17, 15) is 4.79 Å². The van der Waals surface area contributed by atoms with Gasteiger partial charge in [-0.15, -0.1) is 0 Å². The Morgan fingerprint density at radius 1 is 0.750 bits per heavy atom. The van der Waals surface area contributed by atoms with Crippen molar-refractivity contribution >= 4 is 34.2 Å². The van der Waals surface area contributed by atoms with Crippen LogP contribution in [0.3, 0.4) is 0 Å². The molecule has 1 aliphatic heterocycles. The normalized spacial score (nSPS) is 17.5. The number of carbonyl (C=O) groups is 1. The summed E-state index contributed by atoms with van der Waals surface area (Å²) in [5, 5.41) is 0. The molecule has 1 saturated heterocycles. The smallest absolute Gasteiger partial charge is 0.237 e. The van der Waals surface area contributed by atoms with E-state index in [1.54, 1.807) is 33.3 Å². The summed E-state index contributed by atoms with van der Waals surface area (Å²) in [6.07, 6.45) is 0. The average molecular weight is 545 g/mol. The van der Waals surface area contributed by atoms with Crippen molar-refractivity contribution in [2.75, 3.05) is 33.3 Å². The van der Waals surface area contributed by atoms with Crippen molar-refractivity contribution in [1.82, 2.24) is 0 Å². The molecule has 0 saturated carbocycles. The van der Waals surface area contributed by atoms with Crippen molar-refractivity contribution in [3.63, 3.8) is 0 Å². The Hall–Kier alpha value is -2.94. The monoisotopic (exact) mass is 545 g/mol. The minimum Gasteiger partial charge on any atom is -0.496 e. The number of ether oxygens (including phenoxy) is 4. The van der Waals surface area contributed by atoms with Gasteiger partial charge in [0.25, 0.3) is 0 Å². The molecule has 0 unspecified atom stereocenters. The molecule has 7 heteroatoms. The van der Waals surface area contributed by atoms with Crippen molar-refractivity contribution in [2.24, 2.45) is 0 Å². The van der Waals surface area contributed by atoms with Crippen molar-refractivity contribution < 1.29 is 23.7 Å². The Balaban J connectivity index is 1.84. The molecule has 0 bridgehead atoms. The van der Waals surface area contributed by atoms with Gasteiger partial charge in [0.15, 0.2) is 11.5 Å². The molecular weight excluding hydrogens is 521 g/mol. The second kappa shape index (κ2) is 9.28. The van der Waals surface area contributed by atoms with E-state index in [4.69, 9.17) is 18.9 Å². The molecule has 0 N–H and O–H groups in total. The van der Waals surface area contributed by atoms with Gasteiger partial charge in [-0.3, -0.25) is 4.79 Å². The molecule has 4 rings (SSSR count). The quantitative estimate of drug-likeness (QED) is 0.302. The lowest BCUT2D eigenvalue weighted by molar-refractivity contribution is -0.126. The van der Waals surface area contributed by atoms with E-state index in [0.717, 1.165) is 20.4 Å². The second-order valence-corrected chi connectivity index (χ2v) is 8.48. The van der Waals surface area contributed by atoms with Gasteiger partial charge in [-0.1, -0.05) is 36.4 Å². The molecule has 6 nitrogen and oxygen atoms in total. The number of methoxy groups -OCH3 is 4. The number of carbonyl (C=O) groups excluding carboxylic acids is 1. The fourth-order valence-electron chi connectivity index (χ4n) is 4.18. The van der Waals surface area contributed by atoms with Crippen LogP contribution in [0.25, 0.3) is 0 Å². The van der Waals surface area contributed by atoms with Gasteiger partial charge >= 0.3 is 0 Å². The number of benzene rings is 3. The van der Waals surface area contributed by atoms with E-state index in [1.165, 1.54) is 0 Å². The molecule has 1 heterocycles. The van der Waals surface area contributed by atoms with Crippen LogP contribution in [0.4, 0.5) is 5.69 Å². The zero-order valence-corrected chi connectivity index (χ0v) is 20.5. The molecule has 3 aromatic rings. The van der Waals surface area contributed by atoms with Crippen LogP contribution in [-0.2, 0) is 4.79 Å². The van der Waals surface area contributed by atoms with Gasteiger partial charge in [0.05, 0.1) is 49.7 Å². The van der Waals surface area contributed by atoms with Gasteiger partial charge in [-0.05, 0) is 45.9 Å². The molecule has 2 atom stereocenters. The Bertz CT molecular complexity index is 1110. The predicted molar refractivity (Wildman–Crippen MR) is 131 cm³/mol. The standard InChI is InChI=1S/C25H24INO5/c1-29-19-11-10-16(12-18(19)26)23-22(15-8-6-5-7-9-15)25(28)27(23)17-13-20(30-2)24(32-4)21(14-17)31-3/h5-14,22-23H,1-4H3/t22-,23-/m0/s1. The topological polar surface area (TPSA) is 57.2 Å². The maximum absolute atomic E-state index is 13.5. The molecule has 32 heavy (non-hydrogen) atoms. The number of hydrogen-bond donors (Lipinski definition) is 0. The maximum atomic E-state index is 13.5. The molecule has 1 fully saturated rings. The summed E-state index contributed by atoms with van der Waals surface area (Å²) in [6, 6.07) is 19.3. The summed E-state index contributed by atoms with van der Waals surface area (Å²) < 4.78 is 22.9. The summed E-state index contributed by atoms with van der Waals surface area (Å²) in [4.78, 5) is 15.3. The zero-order chi connectivity index (χ0) is 22.8. The van der Waals surface area contributed by atoms with Crippen LogP contribution in [0.5, 0.6) is 23.0 Å². The Kier molecular flexibility index (Phi) is 6.45. The summed E-state index contributed by atoms with van der Waals surface area (Å²) >= 11 is 2.26. The molecule has 3 aromatic carbocycles. The lowest BCUT2D eigenvalue weighted by Gasteiger charge is -2.48. The number of β-lactam (4-membered cyclic amide) rings is 1. The lowest BCUT2D eigenvalue weighted by Crippen LogP contribution is -2.53. The number of amides is 1. The summed E-state index contributed by atoms with van der Waals surface area (Å²) in [5.41, 5.74) is 2.70. The third-order valence-electron chi connectivity index (χ3n) is 5.70. The third-order valence-corrected chi connectivity index (χ3v) is 6.54. The molecule has 0 aliphatic carbocycles. The fraction of sp³-hybridized carbons (Fsp3) is 0.240. The molecule has 0 spiro atoms. The third kappa shape index (κ3) is 3.74. The zero-order valence-electron chi connectivity index (χ0n) is 18.3. The van der Waals surface area contributed by atoms with E-state index in [0.29, 0.717) is 22.9 Å². The summed E-state index contributed by atoms with van der Waals surface area (Å²) in [7, 11) is 6.34. The SMILES string of the molecule is COc1ccc([C@H]2[C@H](c3ccccc3)C(=O)N2c2cc(OC)c(OC)c(OC)c2)cc1I. The van der Waals surface area contributed by atoms with Crippen LogP contribution in [0, 0.1) is 3.57 Å². The van der Waals surface area contributed by atoms with Gasteiger partial charge in [0.2, 0.25) is 11.7 Å². The van der Waals surface area contributed by atoms with E-state index in [1.807, 2.05) is 54.6 Å². The Labute approximate surface area is 201 Å². The molecular formula is C25H24INO5. The van der Waals surface area contributed by atoms with Gasteiger partial charge < -0.3 is 23.8 Å². The molecule has 166 valence electrons. The van der Waals surface area contributed by atoms with Gasteiger partial charge in [-0.25, -0.2) is 0 Å². The van der Waals surface area contributed by atoms with Gasteiger partial charge in [-0.2, -0.15) is 0 Å². The first kappa shape index (κ1) is 22.3. The minimum atomic E-state index is -0.292. The number of anilines is 1. The summed E-state index contributed by atoms with van der Waals surface area (Å²) in [5.74, 6) is 2.01. The van der Waals surface area contributed by atoms with Crippen molar-refractivity contribution in [1.29, 1.82) is 0 Å². The second-order valence-electron chi connectivity index (χ2n) is 7.32. The van der Waals surface area contributed by atoms with Crippen LogP contribution < -0.4 is 23.8 Å². The highest BCUT2D eigenvalue weighted by Crippen LogP contribution is 2.52. The highest BCUT2D eigenvalue weighted by Gasteiger charge is 2.50. The molecule has 0 radical (unpaired) electrons. The Morgan fingerprint density at radius 2 is 1.38 bits per heavy atom. The van der Waals surface area contributed by atoms with Crippen LogP contribution in [0.2, 0.25) is 0 Å². The molecule has 1 aliphatic rings. The predicted octanol–water partition coefficient (Wildman–Crippen LogP) is 5.20. The van der Waals surface area contributed by atoms with Crippen LogP contribution >= 0.6 is 22.6 Å². The van der Waals surface area contributed by atoms with Crippen LogP contribution in [0.15, 0.2) is 60.7 Å². The van der Waals surface area contributed by atoms with E-state index in [2.05, 4.69) is 28.7 Å². The highest BCUT2D eigenvalue weighted by molar-refractivity contribution is 14.1. The van der Waals surface area contributed by atoms with Gasteiger partial charge in [0.1, 0.15) is 5.75 Å². The van der Waals surface area contributed by atoms with Gasteiger partial charge in [0, 0.05) is 12.1 Å². The van der Waals surface area contributed by atoms with E-state index >= 15 is 0 Å². The van der Waals surface area contributed by atoms with Crippen LogP contribution in [0.1, 0.15) is 23.1 Å². The largest absolute Gasteiger partial charge is 0.496 e. The fourth-order valence-corrected chi connectivity index (χ4v) is 4.94. The molecule has 0 aromatic heterocycles.